The van der Waals surface area contributed by atoms with Gasteiger partial charge in [0.15, 0.2) is 0 Å². The van der Waals surface area contributed by atoms with E-state index >= 15 is 0 Å². The molecule has 2 amide bonds. The van der Waals surface area contributed by atoms with Gasteiger partial charge in [0.25, 0.3) is 0 Å². The molecule has 1 saturated carbocycles. The molecule has 2 rings (SSSR count). The molecule has 0 aromatic heterocycles. The Labute approximate surface area is 99.0 Å². The molecule has 6 heteroatoms. The Morgan fingerprint density at radius 3 is 2.71 bits per heavy atom. The Balaban J connectivity index is 2.03. The summed E-state index contributed by atoms with van der Waals surface area (Å²) in [6.07, 6.45) is 0.963. The average Bonchev–Trinajstić information content (AvgIpc) is 3.07. The van der Waals surface area contributed by atoms with E-state index in [1.807, 2.05) is 6.92 Å². The van der Waals surface area contributed by atoms with Crippen LogP contribution in [-0.4, -0.2) is 46.9 Å². The Morgan fingerprint density at radius 2 is 2.18 bits per heavy atom. The summed E-state index contributed by atoms with van der Waals surface area (Å²) in [4.78, 5) is 35.9. The molecule has 2 aliphatic rings. The molecule has 1 aliphatic carbocycles. The van der Waals surface area contributed by atoms with Crippen molar-refractivity contribution in [2.45, 2.75) is 25.8 Å². The summed E-state index contributed by atoms with van der Waals surface area (Å²) in [6.45, 7) is 2.77. The average molecular weight is 240 g/mol. The molecule has 3 atom stereocenters. The minimum absolute atomic E-state index is 0.139. The number of hydrogen-bond donors (Lipinski definition) is 2. The van der Waals surface area contributed by atoms with E-state index in [1.54, 1.807) is 0 Å². The van der Waals surface area contributed by atoms with Crippen LogP contribution < -0.4 is 5.32 Å². The second-order valence-electron chi connectivity index (χ2n) is 4.53. The molecule has 0 bridgehead atoms. The summed E-state index contributed by atoms with van der Waals surface area (Å²) in [5.74, 6) is -2.21. The number of nitrogens with one attached hydrogen (secondary N) is 1. The zero-order chi connectivity index (χ0) is 12.6. The molecule has 2 N–H and O–H groups in total. The van der Waals surface area contributed by atoms with Gasteiger partial charge in [0, 0.05) is 13.1 Å². The lowest BCUT2D eigenvalue weighted by Gasteiger charge is -2.34. The highest BCUT2D eigenvalue weighted by molar-refractivity contribution is 5.93. The van der Waals surface area contributed by atoms with E-state index in [1.165, 1.54) is 4.90 Å². The van der Waals surface area contributed by atoms with E-state index in [0.29, 0.717) is 25.9 Å². The van der Waals surface area contributed by atoms with Gasteiger partial charge in [0.2, 0.25) is 11.8 Å². The zero-order valence-electron chi connectivity index (χ0n) is 9.68. The molecule has 1 heterocycles. The summed E-state index contributed by atoms with van der Waals surface area (Å²) in [7, 11) is 0. The standard InChI is InChI=1S/C11H16N2O4/c1-2-8-9(14)12-3-4-13(8)10(15)6-5-7(6)11(16)17/h6-8H,2-5H2,1H3,(H,12,14)(H,16,17)/t6-,7+,8?/m1/s1. The number of carbonyl (C=O) groups excluding carboxylic acids is 2. The first-order valence-electron chi connectivity index (χ1n) is 5.87. The van der Waals surface area contributed by atoms with Gasteiger partial charge in [-0.1, -0.05) is 6.92 Å². The maximum Gasteiger partial charge on any atom is 0.307 e. The van der Waals surface area contributed by atoms with E-state index in [2.05, 4.69) is 5.32 Å². The predicted octanol–water partition coefficient (Wildman–Crippen LogP) is -0.556. The van der Waals surface area contributed by atoms with E-state index in [4.69, 9.17) is 5.11 Å². The first-order valence-corrected chi connectivity index (χ1v) is 5.87. The smallest absolute Gasteiger partial charge is 0.307 e. The van der Waals surface area contributed by atoms with Crippen LogP contribution >= 0.6 is 0 Å². The fourth-order valence-electron chi connectivity index (χ4n) is 2.34. The van der Waals surface area contributed by atoms with Crippen molar-refractivity contribution in [1.29, 1.82) is 0 Å². The highest BCUT2D eigenvalue weighted by Gasteiger charge is 2.51. The van der Waals surface area contributed by atoms with E-state index in [-0.39, 0.29) is 11.8 Å². The largest absolute Gasteiger partial charge is 0.481 e. The van der Waals surface area contributed by atoms with Crippen LogP contribution in [0, 0.1) is 11.8 Å². The molecular formula is C11H16N2O4. The molecular weight excluding hydrogens is 224 g/mol. The summed E-state index contributed by atoms with van der Waals surface area (Å²) < 4.78 is 0. The molecule has 0 spiro atoms. The fraction of sp³-hybridized carbons (Fsp3) is 0.727. The number of carbonyl (C=O) groups is 3. The third-order valence-electron chi connectivity index (χ3n) is 3.43. The van der Waals surface area contributed by atoms with Gasteiger partial charge < -0.3 is 15.3 Å². The minimum atomic E-state index is -0.919. The number of rotatable bonds is 3. The summed E-state index contributed by atoms with van der Waals surface area (Å²) in [6, 6.07) is -0.439. The monoisotopic (exact) mass is 240 g/mol. The first kappa shape index (κ1) is 11.9. The van der Waals surface area contributed by atoms with Crippen molar-refractivity contribution < 1.29 is 19.5 Å². The Bertz CT molecular complexity index is 368. The highest BCUT2D eigenvalue weighted by Crippen LogP contribution is 2.40. The van der Waals surface area contributed by atoms with Gasteiger partial charge >= 0.3 is 5.97 Å². The number of piperazine rings is 1. The molecule has 1 aliphatic heterocycles. The number of carboxylic acids is 1. The van der Waals surface area contributed by atoms with Crippen molar-refractivity contribution in [3.05, 3.63) is 0 Å². The predicted molar refractivity (Wildman–Crippen MR) is 58.0 cm³/mol. The number of hydrogen-bond acceptors (Lipinski definition) is 3. The van der Waals surface area contributed by atoms with Crippen molar-refractivity contribution in [3.63, 3.8) is 0 Å². The normalized spacial score (nSPS) is 31.9. The Hall–Kier alpha value is -1.59. The minimum Gasteiger partial charge on any atom is -0.481 e. The van der Waals surface area contributed by atoms with Gasteiger partial charge in [-0.3, -0.25) is 14.4 Å². The van der Waals surface area contributed by atoms with Crippen LogP contribution in [0.5, 0.6) is 0 Å². The fourth-order valence-corrected chi connectivity index (χ4v) is 2.34. The lowest BCUT2D eigenvalue weighted by Crippen LogP contribution is -2.57. The molecule has 0 aromatic rings. The number of amides is 2. The maximum atomic E-state index is 12.1. The second-order valence-corrected chi connectivity index (χ2v) is 4.53. The van der Waals surface area contributed by atoms with Gasteiger partial charge in [-0.2, -0.15) is 0 Å². The van der Waals surface area contributed by atoms with Gasteiger partial charge in [-0.05, 0) is 12.8 Å². The SMILES string of the molecule is CCC1C(=O)NCCN1C(=O)[C@@H]1C[C@@H]1C(=O)O. The molecule has 1 saturated heterocycles. The first-order chi connectivity index (χ1) is 8.06. The molecule has 0 radical (unpaired) electrons. The number of aliphatic carboxylic acids is 1. The molecule has 94 valence electrons. The number of carboxylic acid groups (broad SMARTS) is 1. The molecule has 1 unspecified atom stereocenters. The molecule has 6 nitrogen and oxygen atoms in total. The van der Waals surface area contributed by atoms with Gasteiger partial charge in [0.05, 0.1) is 11.8 Å². The van der Waals surface area contributed by atoms with Gasteiger partial charge in [-0.25, -0.2) is 0 Å². The molecule has 17 heavy (non-hydrogen) atoms. The summed E-state index contributed by atoms with van der Waals surface area (Å²) in [5, 5.41) is 11.5. The van der Waals surface area contributed by atoms with E-state index in [9.17, 15) is 14.4 Å². The second kappa shape index (κ2) is 4.35. The third kappa shape index (κ3) is 2.11. The quantitative estimate of drug-likeness (QED) is 0.692. The lowest BCUT2D eigenvalue weighted by atomic mass is 10.1. The summed E-state index contributed by atoms with van der Waals surface area (Å²) >= 11 is 0. The third-order valence-corrected chi connectivity index (χ3v) is 3.43. The maximum absolute atomic E-state index is 12.1. The van der Waals surface area contributed by atoms with Crippen molar-refractivity contribution >= 4 is 17.8 Å². The van der Waals surface area contributed by atoms with E-state index < -0.39 is 23.8 Å². The van der Waals surface area contributed by atoms with Gasteiger partial charge in [0.1, 0.15) is 6.04 Å². The Kier molecular flexibility index (Phi) is 3.04. The number of nitrogens with zero attached hydrogens (tertiary/aromatic N) is 1. The molecule has 2 fully saturated rings. The summed E-state index contributed by atoms with van der Waals surface area (Å²) in [5.41, 5.74) is 0. The zero-order valence-corrected chi connectivity index (χ0v) is 9.68. The van der Waals surface area contributed by atoms with Crippen molar-refractivity contribution in [1.82, 2.24) is 10.2 Å². The van der Waals surface area contributed by atoms with Crippen LogP contribution in [0.1, 0.15) is 19.8 Å². The van der Waals surface area contributed by atoms with Crippen LogP contribution in [0.3, 0.4) is 0 Å². The van der Waals surface area contributed by atoms with Gasteiger partial charge in [-0.15, -0.1) is 0 Å². The van der Waals surface area contributed by atoms with Crippen LogP contribution in [0.15, 0.2) is 0 Å². The van der Waals surface area contributed by atoms with Crippen LogP contribution in [0.4, 0.5) is 0 Å². The topological polar surface area (TPSA) is 86.7 Å². The van der Waals surface area contributed by atoms with Crippen molar-refractivity contribution in [2.75, 3.05) is 13.1 Å². The lowest BCUT2D eigenvalue weighted by molar-refractivity contribution is -0.146. The Morgan fingerprint density at radius 1 is 1.47 bits per heavy atom. The van der Waals surface area contributed by atoms with Crippen molar-refractivity contribution in [3.8, 4) is 0 Å². The van der Waals surface area contributed by atoms with Crippen LogP contribution in [0.2, 0.25) is 0 Å². The van der Waals surface area contributed by atoms with E-state index in [0.717, 1.165) is 0 Å². The highest BCUT2D eigenvalue weighted by atomic mass is 16.4. The van der Waals surface area contributed by atoms with Crippen LogP contribution in [-0.2, 0) is 14.4 Å². The van der Waals surface area contributed by atoms with Crippen molar-refractivity contribution in [2.24, 2.45) is 11.8 Å². The van der Waals surface area contributed by atoms with Crippen LogP contribution in [0.25, 0.3) is 0 Å². The molecule has 0 aromatic carbocycles.